The fourth-order valence-corrected chi connectivity index (χ4v) is 1.29. The van der Waals surface area contributed by atoms with E-state index in [2.05, 4.69) is 0 Å². The predicted molar refractivity (Wildman–Crippen MR) is 54.8 cm³/mol. The fraction of sp³-hybridized carbons (Fsp3) is 0.400. The maximum absolute atomic E-state index is 12.8. The molecule has 0 aromatic heterocycles. The van der Waals surface area contributed by atoms with Gasteiger partial charge < -0.3 is 5.11 Å². The first-order valence-corrected chi connectivity index (χ1v) is 4.74. The lowest BCUT2D eigenvalue weighted by Gasteiger charge is -2.12. The van der Waals surface area contributed by atoms with Gasteiger partial charge in [-0.2, -0.15) is 0 Å². The highest BCUT2D eigenvalue weighted by Crippen LogP contribution is 2.16. The highest BCUT2D eigenvalue weighted by atomic mass is 35.5. The average Bonchev–Trinajstić information content (AvgIpc) is 2.19. The van der Waals surface area contributed by atoms with Gasteiger partial charge in [-0.05, 0) is 31.2 Å². The van der Waals surface area contributed by atoms with Crippen molar-refractivity contribution < 1.29 is 9.50 Å². The third-order valence-corrected chi connectivity index (χ3v) is 2.30. The van der Waals surface area contributed by atoms with Gasteiger partial charge in [-0.25, -0.2) is 4.39 Å². The Morgan fingerprint density at radius 2 is 2.21 bits per heavy atom. The van der Waals surface area contributed by atoms with Crippen LogP contribution in [0.15, 0.2) is 18.2 Å². The Hall–Kier alpha value is -0.640. The van der Waals surface area contributed by atoms with Crippen LogP contribution in [0, 0.1) is 5.82 Å². The summed E-state index contributed by atoms with van der Waals surface area (Å²) in [6.45, 7) is 0.743. The van der Waals surface area contributed by atoms with Gasteiger partial charge in [0.1, 0.15) is 5.82 Å². The molecule has 0 unspecified atom stereocenters. The van der Waals surface area contributed by atoms with Gasteiger partial charge in [-0.1, -0.05) is 17.7 Å². The molecule has 0 aliphatic rings. The highest BCUT2D eigenvalue weighted by molar-refractivity contribution is 6.30. The molecule has 4 heteroatoms. The maximum atomic E-state index is 12.8. The molecule has 0 aliphatic heterocycles. The van der Waals surface area contributed by atoms with Crippen molar-refractivity contribution in [2.45, 2.75) is 6.42 Å². The molecule has 1 aromatic rings. The minimum Gasteiger partial charge on any atom is -0.381 e. The topological polar surface area (TPSA) is 23.5 Å². The average molecular weight is 218 g/mol. The van der Waals surface area contributed by atoms with Gasteiger partial charge in [0.15, 0.2) is 0 Å². The summed E-state index contributed by atoms with van der Waals surface area (Å²) in [5, 5.41) is 8.90. The Labute approximate surface area is 87.9 Å². The molecule has 0 aliphatic carbocycles. The van der Waals surface area contributed by atoms with E-state index in [0.29, 0.717) is 0 Å². The first-order chi connectivity index (χ1) is 6.63. The van der Waals surface area contributed by atoms with Gasteiger partial charge >= 0.3 is 0 Å². The van der Waals surface area contributed by atoms with E-state index < -0.39 is 5.82 Å². The summed E-state index contributed by atoms with van der Waals surface area (Å²) in [4.78, 5) is 1.76. The molecule has 0 radical (unpaired) electrons. The lowest BCUT2D eigenvalue weighted by atomic mass is 10.1. The van der Waals surface area contributed by atoms with Crippen LogP contribution >= 0.6 is 11.6 Å². The standard InChI is InChI=1S/C10H13ClFNO/c1-13(7-14)5-4-8-2-3-10(12)9(11)6-8/h2-3,6,14H,4-5,7H2,1H3. The normalized spacial score (nSPS) is 10.9. The number of aliphatic hydroxyl groups is 1. The van der Waals surface area contributed by atoms with Crippen molar-refractivity contribution in [2.24, 2.45) is 0 Å². The zero-order valence-electron chi connectivity index (χ0n) is 8.00. The van der Waals surface area contributed by atoms with Crippen LogP contribution in [0.2, 0.25) is 5.02 Å². The van der Waals surface area contributed by atoms with E-state index in [4.69, 9.17) is 16.7 Å². The Morgan fingerprint density at radius 3 is 2.79 bits per heavy atom. The number of nitrogens with zero attached hydrogens (tertiary/aromatic N) is 1. The molecule has 14 heavy (non-hydrogen) atoms. The number of rotatable bonds is 4. The molecule has 0 spiro atoms. The van der Waals surface area contributed by atoms with E-state index in [1.54, 1.807) is 17.0 Å². The van der Waals surface area contributed by atoms with Crippen molar-refractivity contribution in [1.82, 2.24) is 4.90 Å². The van der Waals surface area contributed by atoms with Crippen molar-refractivity contribution in [3.05, 3.63) is 34.6 Å². The van der Waals surface area contributed by atoms with Gasteiger partial charge in [0.05, 0.1) is 11.8 Å². The molecule has 0 saturated carbocycles. The van der Waals surface area contributed by atoms with Crippen molar-refractivity contribution in [3.8, 4) is 0 Å². The Bertz CT molecular complexity index is 306. The van der Waals surface area contributed by atoms with Crippen molar-refractivity contribution >= 4 is 11.6 Å². The van der Waals surface area contributed by atoms with Crippen molar-refractivity contribution in [3.63, 3.8) is 0 Å². The summed E-state index contributed by atoms with van der Waals surface area (Å²) >= 11 is 5.63. The molecular weight excluding hydrogens is 205 g/mol. The summed E-state index contributed by atoms with van der Waals surface area (Å²) < 4.78 is 12.8. The van der Waals surface area contributed by atoms with Crippen LogP contribution in [0.25, 0.3) is 0 Å². The van der Waals surface area contributed by atoms with E-state index in [0.717, 1.165) is 18.5 Å². The second-order valence-corrected chi connectivity index (χ2v) is 3.63. The molecule has 0 bridgehead atoms. The second-order valence-electron chi connectivity index (χ2n) is 3.22. The molecule has 1 aromatic carbocycles. The van der Waals surface area contributed by atoms with E-state index in [1.165, 1.54) is 6.07 Å². The van der Waals surface area contributed by atoms with Crippen LogP contribution in [-0.2, 0) is 6.42 Å². The van der Waals surface area contributed by atoms with Gasteiger partial charge in [0, 0.05) is 6.54 Å². The number of benzene rings is 1. The Morgan fingerprint density at radius 1 is 1.50 bits per heavy atom. The SMILES string of the molecule is CN(CO)CCc1ccc(F)c(Cl)c1. The van der Waals surface area contributed by atoms with Gasteiger partial charge in [-0.3, -0.25) is 4.90 Å². The largest absolute Gasteiger partial charge is 0.381 e. The Kier molecular flexibility index (Phi) is 4.32. The van der Waals surface area contributed by atoms with Gasteiger partial charge in [0.2, 0.25) is 0 Å². The lowest BCUT2D eigenvalue weighted by molar-refractivity contribution is 0.134. The summed E-state index contributed by atoms with van der Waals surface area (Å²) in [6.07, 6.45) is 0.747. The monoisotopic (exact) mass is 217 g/mol. The van der Waals surface area contributed by atoms with Crippen LogP contribution in [0.3, 0.4) is 0 Å². The van der Waals surface area contributed by atoms with E-state index in [1.807, 2.05) is 7.05 Å². The van der Waals surface area contributed by atoms with Gasteiger partial charge in [0.25, 0.3) is 0 Å². The van der Waals surface area contributed by atoms with E-state index in [-0.39, 0.29) is 11.8 Å². The maximum Gasteiger partial charge on any atom is 0.141 e. The molecule has 0 saturated heterocycles. The first kappa shape index (κ1) is 11.4. The molecule has 0 atom stereocenters. The third kappa shape index (κ3) is 3.25. The van der Waals surface area contributed by atoms with E-state index >= 15 is 0 Å². The Balaban J connectivity index is 2.55. The van der Waals surface area contributed by atoms with Crippen LogP contribution in [0.4, 0.5) is 4.39 Å². The minimum atomic E-state index is -0.397. The minimum absolute atomic E-state index is 0.0227. The van der Waals surface area contributed by atoms with Crippen LogP contribution in [0.5, 0.6) is 0 Å². The van der Waals surface area contributed by atoms with Crippen LogP contribution in [-0.4, -0.2) is 30.3 Å². The third-order valence-electron chi connectivity index (χ3n) is 2.01. The van der Waals surface area contributed by atoms with E-state index in [9.17, 15) is 4.39 Å². The number of halogens is 2. The summed E-state index contributed by atoms with van der Waals surface area (Å²) in [5.74, 6) is -0.397. The molecular formula is C10H13ClFNO. The highest BCUT2D eigenvalue weighted by Gasteiger charge is 2.02. The molecule has 0 heterocycles. The summed E-state index contributed by atoms with van der Waals surface area (Å²) in [6, 6.07) is 4.67. The molecule has 1 N–H and O–H groups in total. The number of hydrogen-bond donors (Lipinski definition) is 1. The second kappa shape index (κ2) is 5.29. The number of hydrogen-bond acceptors (Lipinski definition) is 2. The summed E-state index contributed by atoms with van der Waals surface area (Å²) in [5.41, 5.74) is 0.969. The van der Waals surface area contributed by atoms with Crippen molar-refractivity contribution in [1.29, 1.82) is 0 Å². The quantitative estimate of drug-likeness (QED) is 0.779. The number of likely N-dealkylation sites (N-methyl/N-ethyl adjacent to an activating group) is 1. The molecule has 0 amide bonds. The van der Waals surface area contributed by atoms with Crippen LogP contribution in [0.1, 0.15) is 5.56 Å². The predicted octanol–water partition coefficient (Wildman–Crippen LogP) is 1.90. The molecule has 2 nitrogen and oxygen atoms in total. The molecule has 0 fully saturated rings. The number of aliphatic hydroxyl groups excluding tert-OH is 1. The van der Waals surface area contributed by atoms with Crippen molar-refractivity contribution in [2.75, 3.05) is 20.3 Å². The smallest absolute Gasteiger partial charge is 0.141 e. The summed E-state index contributed by atoms with van der Waals surface area (Å²) in [7, 11) is 1.81. The lowest BCUT2D eigenvalue weighted by Crippen LogP contribution is -2.21. The first-order valence-electron chi connectivity index (χ1n) is 4.37. The molecule has 1 rings (SSSR count). The zero-order valence-corrected chi connectivity index (χ0v) is 8.76. The molecule has 78 valence electrons. The van der Waals surface area contributed by atoms with Gasteiger partial charge in [-0.15, -0.1) is 0 Å². The van der Waals surface area contributed by atoms with Crippen LogP contribution < -0.4 is 0 Å². The fourth-order valence-electron chi connectivity index (χ4n) is 1.09. The zero-order chi connectivity index (χ0) is 10.6.